The molecule has 0 saturated carbocycles. The number of nitrogens with zero attached hydrogens (tertiary/aromatic N) is 1. The van der Waals surface area contributed by atoms with Crippen molar-refractivity contribution in [2.24, 2.45) is 0 Å². The number of H-pyrrole nitrogens is 1. The Morgan fingerprint density at radius 2 is 1.66 bits per heavy atom. The van der Waals surface area contributed by atoms with Gasteiger partial charge in [0.25, 0.3) is 5.91 Å². The van der Waals surface area contributed by atoms with E-state index in [1.807, 2.05) is 44.2 Å². The summed E-state index contributed by atoms with van der Waals surface area (Å²) in [7, 11) is 0. The van der Waals surface area contributed by atoms with Crippen LogP contribution in [0.1, 0.15) is 43.7 Å². The van der Waals surface area contributed by atoms with Gasteiger partial charge in [-0.2, -0.15) is 5.10 Å². The number of carbonyl (C=O) groups excluding carboxylic acids is 2. The highest BCUT2D eigenvalue weighted by Gasteiger charge is 2.27. The molecule has 0 bridgehead atoms. The topological polar surface area (TPSA) is 107 Å². The van der Waals surface area contributed by atoms with Crippen LogP contribution < -0.4 is 10.6 Å². The molecule has 0 spiro atoms. The first-order valence-electron chi connectivity index (χ1n) is 9.94. The molecule has 1 heterocycles. The van der Waals surface area contributed by atoms with Crippen LogP contribution in [0.2, 0.25) is 0 Å². The quantitative estimate of drug-likeness (QED) is 0.451. The minimum absolute atomic E-state index is 0.256. The molecule has 0 aliphatic rings. The Hall–Kier alpha value is -3.59. The molecule has 0 radical (unpaired) electrons. The number of aromatic amines is 1. The third kappa shape index (κ3) is 5.17. The number of aromatic nitrogens is 2. The van der Waals surface area contributed by atoms with Crippen LogP contribution in [-0.2, 0) is 15.0 Å². The van der Waals surface area contributed by atoms with E-state index in [-0.39, 0.29) is 5.56 Å². The van der Waals surface area contributed by atoms with E-state index in [9.17, 15) is 23.5 Å². The fourth-order valence-corrected chi connectivity index (χ4v) is 3.19. The highest BCUT2D eigenvalue weighted by molar-refractivity contribution is 5.97. The van der Waals surface area contributed by atoms with Crippen molar-refractivity contribution in [2.75, 3.05) is 5.32 Å². The van der Waals surface area contributed by atoms with Crippen LogP contribution in [0.5, 0.6) is 0 Å². The number of benzene rings is 2. The smallest absolute Gasteiger partial charge is 0.254 e. The molecule has 0 fully saturated rings. The highest BCUT2D eigenvalue weighted by Crippen LogP contribution is 2.31. The van der Waals surface area contributed by atoms with Gasteiger partial charge >= 0.3 is 0 Å². The summed E-state index contributed by atoms with van der Waals surface area (Å²) in [5, 5.41) is 22.0. The van der Waals surface area contributed by atoms with Crippen LogP contribution in [0.4, 0.5) is 14.6 Å². The van der Waals surface area contributed by atoms with Crippen molar-refractivity contribution < 1.29 is 23.5 Å². The Morgan fingerprint density at radius 1 is 1.03 bits per heavy atom. The lowest BCUT2D eigenvalue weighted by Gasteiger charge is -2.22. The maximum absolute atomic E-state index is 13.3. The zero-order chi connectivity index (χ0) is 23.5. The van der Waals surface area contributed by atoms with Gasteiger partial charge in [-0.15, -0.1) is 0 Å². The molecular weight excluding hydrogens is 418 g/mol. The van der Waals surface area contributed by atoms with Crippen LogP contribution in [0.3, 0.4) is 0 Å². The maximum atomic E-state index is 13.3. The monoisotopic (exact) mass is 442 g/mol. The Balaban J connectivity index is 1.63. The number of aliphatic hydroxyl groups is 1. The Bertz CT molecular complexity index is 1100. The third-order valence-electron chi connectivity index (χ3n) is 5.17. The van der Waals surface area contributed by atoms with E-state index in [1.165, 1.54) is 6.92 Å². The summed E-state index contributed by atoms with van der Waals surface area (Å²) in [5.41, 5.74) is 1.09. The number of hydrogen-bond donors (Lipinski definition) is 4. The Kier molecular flexibility index (Phi) is 6.69. The molecule has 3 rings (SSSR count). The fourth-order valence-electron chi connectivity index (χ4n) is 3.19. The molecule has 7 nitrogen and oxygen atoms in total. The third-order valence-corrected chi connectivity index (χ3v) is 5.17. The van der Waals surface area contributed by atoms with E-state index >= 15 is 0 Å². The van der Waals surface area contributed by atoms with Gasteiger partial charge < -0.3 is 15.7 Å². The summed E-state index contributed by atoms with van der Waals surface area (Å²) in [5.74, 6) is -3.04. The van der Waals surface area contributed by atoms with Crippen LogP contribution in [0, 0.1) is 11.6 Å². The predicted molar refractivity (Wildman–Crippen MR) is 115 cm³/mol. The number of nitrogens with one attached hydrogen (secondary N) is 3. The lowest BCUT2D eigenvalue weighted by Crippen LogP contribution is -2.43. The summed E-state index contributed by atoms with van der Waals surface area (Å²) in [4.78, 5) is 24.7. The molecule has 1 aromatic heterocycles. The van der Waals surface area contributed by atoms with Crippen molar-refractivity contribution in [3.63, 3.8) is 0 Å². The van der Waals surface area contributed by atoms with Gasteiger partial charge in [-0.3, -0.25) is 14.7 Å². The van der Waals surface area contributed by atoms with Gasteiger partial charge in [0.15, 0.2) is 6.10 Å². The minimum Gasteiger partial charge on any atom is -0.378 e. The SMILES string of the molecule is C[C@H](NC(=O)[C@H](O)c1cc(F)cc(F)c1)C(=O)Nc1cc(C(C)(C)c2ccccc2)n[nH]1. The molecule has 3 aromatic rings. The molecule has 0 aliphatic heterocycles. The lowest BCUT2D eigenvalue weighted by atomic mass is 9.82. The van der Waals surface area contributed by atoms with Gasteiger partial charge in [0.05, 0.1) is 5.69 Å². The number of rotatable bonds is 7. The summed E-state index contributed by atoms with van der Waals surface area (Å²) < 4.78 is 26.6. The van der Waals surface area contributed by atoms with Crippen molar-refractivity contribution in [1.29, 1.82) is 0 Å². The zero-order valence-electron chi connectivity index (χ0n) is 17.8. The van der Waals surface area contributed by atoms with Gasteiger partial charge in [-0.1, -0.05) is 44.2 Å². The van der Waals surface area contributed by atoms with Crippen LogP contribution in [-0.4, -0.2) is 33.2 Å². The second kappa shape index (κ2) is 9.27. The van der Waals surface area contributed by atoms with Crippen LogP contribution in [0.25, 0.3) is 0 Å². The average Bonchev–Trinajstić information content (AvgIpc) is 3.22. The highest BCUT2D eigenvalue weighted by atomic mass is 19.1. The Labute approximate surface area is 183 Å². The number of halogens is 2. The van der Waals surface area contributed by atoms with E-state index in [0.717, 1.165) is 17.7 Å². The molecule has 2 aromatic carbocycles. The Morgan fingerprint density at radius 3 is 2.28 bits per heavy atom. The molecular formula is C23H24F2N4O3. The van der Waals surface area contributed by atoms with Crippen molar-refractivity contribution in [2.45, 2.75) is 38.3 Å². The molecule has 0 unspecified atom stereocenters. The van der Waals surface area contributed by atoms with Crippen LogP contribution in [0.15, 0.2) is 54.6 Å². The van der Waals surface area contributed by atoms with E-state index in [2.05, 4.69) is 20.8 Å². The second-order valence-corrected chi connectivity index (χ2v) is 7.98. The first kappa shape index (κ1) is 23.1. The van der Waals surface area contributed by atoms with Crippen molar-refractivity contribution in [3.05, 3.63) is 83.1 Å². The summed E-state index contributed by atoms with van der Waals surface area (Å²) in [6, 6.07) is 12.7. The van der Waals surface area contributed by atoms with Crippen LogP contribution >= 0.6 is 0 Å². The fraction of sp³-hybridized carbons (Fsp3) is 0.261. The molecule has 0 saturated heterocycles. The van der Waals surface area contributed by atoms with E-state index in [0.29, 0.717) is 17.6 Å². The predicted octanol–water partition coefficient (Wildman–Crippen LogP) is 3.19. The number of aliphatic hydroxyl groups excluding tert-OH is 1. The first-order valence-corrected chi connectivity index (χ1v) is 9.94. The van der Waals surface area contributed by atoms with Gasteiger partial charge in [-0.25, -0.2) is 8.78 Å². The largest absolute Gasteiger partial charge is 0.378 e. The normalized spacial score (nSPS) is 13.3. The molecule has 2 amide bonds. The number of anilines is 1. The second-order valence-electron chi connectivity index (χ2n) is 7.98. The van der Waals surface area contributed by atoms with E-state index in [1.54, 1.807) is 6.07 Å². The minimum atomic E-state index is -1.83. The van der Waals surface area contributed by atoms with E-state index < -0.39 is 41.0 Å². The first-order chi connectivity index (χ1) is 15.1. The number of hydrogen-bond acceptors (Lipinski definition) is 4. The van der Waals surface area contributed by atoms with E-state index in [4.69, 9.17) is 0 Å². The molecule has 4 N–H and O–H groups in total. The van der Waals surface area contributed by atoms with Gasteiger partial charge in [0.2, 0.25) is 5.91 Å². The maximum Gasteiger partial charge on any atom is 0.254 e. The van der Waals surface area contributed by atoms with Gasteiger partial charge in [0, 0.05) is 17.5 Å². The van der Waals surface area contributed by atoms with Crippen molar-refractivity contribution in [3.8, 4) is 0 Å². The summed E-state index contributed by atoms with van der Waals surface area (Å²) in [6.07, 6.45) is -1.83. The molecule has 9 heteroatoms. The standard InChI is InChI=1S/C23H24F2N4O3/c1-13(26-22(32)20(30)14-9-16(24)11-17(25)10-14)21(31)27-19-12-18(28-29-19)23(2,3)15-7-5-4-6-8-15/h4-13,20,30H,1-3H3,(H,26,32)(H2,27,28,29,31)/t13-,20+/m0/s1. The van der Waals surface area contributed by atoms with Crippen molar-refractivity contribution >= 4 is 17.6 Å². The average molecular weight is 442 g/mol. The lowest BCUT2D eigenvalue weighted by molar-refractivity contribution is -0.132. The molecule has 168 valence electrons. The molecule has 32 heavy (non-hydrogen) atoms. The summed E-state index contributed by atoms with van der Waals surface area (Å²) in [6.45, 7) is 5.42. The molecule has 0 aliphatic carbocycles. The van der Waals surface area contributed by atoms with Gasteiger partial charge in [-0.05, 0) is 30.2 Å². The van der Waals surface area contributed by atoms with Gasteiger partial charge in [0.1, 0.15) is 23.5 Å². The number of amides is 2. The van der Waals surface area contributed by atoms with Crippen molar-refractivity contribution in [1.82, 2.24) is 15.5 Å². The zero-order valence-corrected chi connectivity index (χ0v) is 17.8. The molecule has 2 atom stereocenters. The number of carbonyl (C=O) groups is 2. The summed E-state index contributed by atoms with van der Waals surface area (Å²) >= 11 is 0.